The van der Waals surface area contributed by atoms with Gasteiger partial charge in [-0.1, -0.05) is 6.92 Å². The lowest BCUT2D eigenvalue weighted by Gasteiger charge is -2.40. The Morgan fingerprint density at radius 2 is 2.10 bits per heavy atom. The summed E-state index contributed by atoms with van der Waals surface area (Å²) >= 11 is 0. The number of urea groups is 1. The molecule has 0 spiro atoms. The van der Waals surface area contributed by atoms with E-state index in [1.807, 2.05) is 13.8 Å². The predicted octanol–water partition coefficient (Wildman–Crippen LogP) is 1.40. The Hall–Kier alpha value is -1.30. The van der Waals surface area contributed by atoms with Crippen molar-refractivity contribution in [2.24, 2.45) is 5.92 Å². The number of nitrogens with zero attached hydrogens (tertiary/aromatic N) is 2. The number of aliphatic carboxylic acids is 1. The fourth-order valence-electron chi connectivity index (χ4n) is 2.58. The van der Waals surface area contributed by atoms with Gasteiger partial charge in [0.1, 0.15) is 6.54 Å². The van der Waals surface area contributed by atoms with Crippen molar-refractivity contribution in [1.29, 1.82) is 0 Å². The lowest BCUT2D eigenvalue weighted by molar-refractivity contribution is -0.138. The van der Waals surface area contributed by atoms with Crippen molar-refractivity contribution in [2.75, 3.05) is 26.2 Å². The first kappa shape index (κ1) is 15.1. The van der Waals surface area contributed by atoms with E-state index in [0.29, 0.717) is 25.6 Å². The molecular formula is C14H24N2O4. The molecule has 6 nitrogen and oxygen atoms in total. The molecule has 6 heteroatoms. The van der Waals surface area contributed by atoms with Crippen molar-refractivity contribution >= 4 is 12.0 Å². The number of carboxylic acids is 1. The Labute approximate surface area is 119 Å². The van der Waals surface area contributed by atoms with Gasteiger partial charge in [-0.2, -0.15) is 0 Å². The fourth-order valence-corrected chi connectivity index (χ4v) is 2.58. The quantitative estimate of drug-likeness (QED) is 0.828. The third-order valence-corrected chi connectivity index (χ3v) is 3.96. The van der Waals surface area contributed by atoms with Crippen LogP contribution in [0.3, 0.4) is 0 Å². The molecule has 1 heterocycles. The molecule has 1 aliphatic carbocycles. The first-order chi connectivity index (χ1) is 9.51. The van der Waals surface area contributed by atoms with Crippen molar-refractivity contribution in [2.45, 2.75) is 45.3 Å². The molecule has 2 aliphatic rings. The van der Waals surface area contributed by atoms with Crippen LogP contribution in [0.5, 0.6) is 0 Å². The summed E-state index contributed by atoms with van der Waals surface area (Å²) in [5.41, 5.74) is 0. The molecule has 20 heavy (non-hydrogen) atoms. The number of morpholine rings is 1. The minimum Gasteiger partial charge on any atom is -0.480 e. The van der Waals surface area contributed by atoms with Crippen molar-refractivity contribution in [3.8, 4) is 0 Å². The average molecular weight is 284 g/mol. The summed E-state index contributed by atoms with van der Waals surface area (Å²) in [7, 11) is 0. The number of carbonyl (C=O) groups excluding carboxylic acids is 1. The zero-order valence-electron chi connectivity index (χ0n) is 12.2. The smallest absolute Gasteiger partial charge is 0.323 e. The maximum absolute atomic E-state index is 12.6. The van der Waals surface area contributed by atoms with Crippen molar-refractivity contribution in [3.05, 3.63) is 0 Å². The summed E-state index contributed by atoms with van der Waals surface area (Å²) in [5, 5.41) is 9.00. The van der Waals surface area contributed by atoms with Gasteiger partial charge in [-0.25, -0.2) is 4.79 Å². The second kappa shape index (κ2) is 6.43. The normalized spacial score (nSPS) is 26.4. The molecule has 0 bridgehead atoms. The second-order valence-corrected chi connectivity index (χ2v) is 5.86. The first-order valence-electron chi connectivity index (χ1n) is 7.40. The maximum Gasteiger partial charge on any atom is 0.323 e. The summed E-state index contributed by atoms with van der Waals surface area (Å²) in [4.78, 5) is 26.9. The van der Waals surface area contributed by atoms with E-state index in [1.165, 1.54) is 4.90 Å². The largest absolute Gasteiger partial charge is 0.480 e. The Bertz CT molecular complexity index is 370. The highest BCUT2D eigenvalue weighted by atomic mass is 16.5. The van der Waals surface area contributed by atoms with Crippen LogP contribution < -0.4 is 0 Å². The standard InChI is InChI=1S/C14H24N2O4/c1-3-12-9-20-10(2)6-16(12)14(19)15(8-13(17)18)7-11-4-5-11/h10-12H,3-9H2,1-2H3,(H,17,18). The van der Waals surface area contributed by atoms with E-state index < -0.39 is 5.97 Å². The van der Waals surface area contributed by atoms with Crippen LogP contribution in [0.15, 0.2) is 0 Å². The Morgan fingerprint density at radius 3 is 2.65 bits per heavy atom. The van der Waals surface area contributed by atoms with Crippen molar-refractivity contribution < 1.29 is 19.4 Å². The number of hydrogen-bond donors (Lipinski definition) is 1. The van der Waals surface area contributed by atoms with E-state index in [-0.39, 0.29) is 24.7 Å². The fraction of sp³-hybridized carbons (Fsp3) is 0.857. The van der Waals surface area contributed by atoms with Gasteiger partial charge in [-0.3, -0.25) is 4.79 Å². The van der Waals surface area contributed by atoms with E-state index >= 15 is 0 Å². The SMILES string of the molecule is CCC1COC(C)CN1C(=O)N(CC(=O)O)CC1CC1. The summed E-state index contributed by atoms with van der Waals surface area (Å²) in [6.07, 6.45) is 3.03. The maximum atomic E-state index is 12.6. The Balaban J connectivity index is 2.04. The molecule has 2 rings (SSSR count). The van der Waals surface area contributed by atoms with E-state index in [0.717, 1.165) is 19.3 Å². The number of hydrogen-bond acceptors (Lipinski definition) is 3. The lowest BCUT2D eigenvalue weighted by Crippen LogP contribution is -2.56. The molecule has 0 aromatic carbocycles. The predicted molar refractivity (Wildman–Crippen MR) is 73.5 cm³/mol. The molecule has 1 N–H and O–H groups in total. The third-order valence-electron chi connectivity index (χ3n) is 3.96. The van der Waals surface area contributed by atoms with E-state index in [2.05, 4.69) is 0 Å². The minimum atomic E-state index is -0.951. The Morgan fingerprint density at radius 1 is 1.40 bits per heavy atom. The minimum absolute atomic E-state index is 0.00866. The molecule has 0 radical (unpaired) electrons. The molecule has 2 atom stereocenters. The summed E-state index contributed by atoms with van der Waals surface area (Å²) in [5.74, 6) is -0.467. The zero-order chi connectivity index (χ0) is 14.7. The molecule has 2 unspecified atom stereocenters. The van der Waals surface area contributed by atoms with Gasteiger partial charge in [0, 0.05) is 13.1 Å². The highest BCUT2D eigenvalue weighted by Gasteiger charge is 2.35. The number of carboxylic acid groups (broad SMARTS) is 1. The molecule has 114 valence electrons. The molecule has 1 aliphatic heterocycles. The first-order valence-corrected chi connectivity index (χ1v) is 7.40. The molecule has 2 amide bonds. The summed E-state index contributed by atoms with van der Waals surface area (Å²) in [6, 6.07) is -0.101. The van der Waals surface area contributed by atoms with Crippen LogP contribution in [-0.4, -0.2) is 65.3 Å². The molecule has 0 aromatic heterocycles. The van der Waals surface area contributed by atoms with Gasteiger partial charge in [-0.05, 0) is 32.1 Å². The third kappa shape index (κ3) is 3.85. The van der Waals surface area contributed by atoms with Crippen LogP contribution in [0.25, 0.3) is 0 Å². The molecule has 2 fully saturated rings. The van der Waals surface area contributed by atoms with E-state index in [9.17, 15) is 9.59 Å². The number of rotatable bonds is 5. The van der Waals surface area contributed by atoms with Gasteiger partial charge >= 0.3 is 12.0 Å². The van der Waals surface area contributed by atoms with Crippen LogP contribution in [-0.2, 0) is 9.53 Å². The van der Waals surface area contributed by atoms with Crippen LogP contribution in [0, 0.1) is 5.92 Å². The van der Waals surface area contributed by atoms with Crippen molar-refractivity contribution in [1.82, 2.24) is 9.80 Å². The van der Waals surface area contributed by atoms with Gasteiger partial charge in [0.05, 0.1) is 18.8 Å². The van der Waals surface area contributed by atoms with Gasteiger partial charge in [0.25, 0.3) is 0 Å². The van der Waals surface area contributed by atoms with Crippen LogP contribution in [0.4, 0.5) is 4.79 Å². The lowest BCUT2D eigenvalue weighted by atomic mass is 10.1. The van der Waals surface area contributed by atoms with E-state index in [1.54, 1.807) is 4.90 Å². The van der Waals surface area contributed by atoms with Crippen LogP contribution in [0.2, 0.25) is 0 Å². The van der Waals surface area contributed by atoms with Gasteiger partial charge < -0.3 is 19.6 Å². The average Bonchev–Trinajstić information content (AvgIpc) is 3.20. The highest BCUT2D eigenvalue weighted by molar-refractivity contribution is 5.80. The van der Waals surface area contributed by atoms with Gasteiger partial charge in [0.2, 0.25) is 0 Å². The molecule has 1 saturated heterocycles. The van der Waals surface area contributed by atoms with Crippen LogP contribution in [0.1, 0.15) is 33.1 Å². The van der Waals surface area contributed by atoms with E-state index in [4.69, 9.17) is 9.84 Å². The zero-order valence-corrected chi connectivity index (χ0v) is 12.2. The van der Waals surface area contributed by atoms with Crippen molar-refractivity contribution in [3.63, 3.8) is 0 Å². The van der Waals surface area contributed by atoms with Crippen LogP contribution >= 0.6 is 0 Å². The molecule has 1 saturated carbocycles. The Kier molecular flexibility index (Phi) is 4.86. The number of ether oxygens (including phenoxy) is 1. The summed E-state index contributed by atoms with van der Waals surface area (Å²) < 4.78 is 5.59. The molecule has 0 aromatic rings. The summed E-state index contributed by atoms with van der Waals surface area (Å²) in [6.45, 7) is 5.39. The topological polar surface area (TPSA) is 70.1 Å². The van der Waals surface area contributed by atoms with Gasteiger partial charge in [0.15, 0.2) is 0 Å². The number of carbonyl (C=O) groups is 2. The number of amides is 2. The van der Waals surface area contributed by atoms with Gasteiger partial charge in [-0.15, -0.1) is 0 Å². The monoisotopic (exact) mass is 284 g/mol. The highest BCUT2D eigenvalue weighted by Crippen LogP contribution is 2.30. The molecular weight excluding hydrogens is 260 g/mol. The second-order valence-electron chi connectivity index (χ2n) is 5.86.